The Kier molecular flexibility index (Phi) is 10.8. The third kappa shape index (κ3) is 9.37. The van der Waals surface area contributed by atoms with Gasteiger partial charge in [-0.2, -0.15) is 4.79 Å². The van der Waals surface area contributed by atoms with E-state index in [9.17, 15) is 9.59 Å². The van der Waals surface area contributed by atoms with E-state index in [0.29, 0.717) is 13.2 Å². The van der Waals surface area contributed by atoms with Crippen molar-refractivity contribution >= 4 is 17.5 Å². The molecule has 0 aromatic carbocycles. The fourth-order valence-electron chi connectivity index (χ4n) is 3.05. The summed E-state index contributed by atoms with van der Waals surface area (Å²) in [5, 5.41) is 5.80. The van der Waals surface area contributed by atoms with E-state index in [1.54, 1.807) is 0 Å². The minimum atomic E-state index is -0.101. The molecule has 0 aromatic heterocycles. The van der Waals surface area contributed by atoms with Crippen molar-refractivity contribution in [1.82, 2.24) is 10.6 Å². The first-order valence-corrected chi connectivity index (χ1v) is 9.39. The normalized spacial score (nSPS) is 19.8. The zero-order valence-electron chi connectivity index (χ0n) is 15.6. The van der Waals surface area contributed by atoms with E-state index < -0.39 is 0 Å². The van der Waals surface area contributed by atoms with Crippen LogP contribution in [-0.2, 0) is 14.3 Å². The van der Waals surface area contributed by atoms with Crippen molar-refractivity contribution < 1.29 is 19.1 Å². The molecule has 1 rings (SSSR count). The SMILES string of the molecule is CCCOCCCNC(=O)CCC(=O)NC1CCCC(C(C)=[N+]=[N-])C1. The van der Waals surface area contributed by atoms with Gasteiger partial charge in [0.25, 0.3) is 5.71 Å². The van der Waals surface area contributed by atoms with Gasteiger partial charge in [-0.05, 0) is 32.1 Å². The Morgan fingerprint density at radius 2 is 1.96 bits per heavy atom. The van der Waals surface area contributed by atoms with Crippen molar-refractivity contribution in [3.63, 3.8) is 0 Å². The van der Waals surface area contributed by atoms with Gasteiger partial charge >= 0.3 is 0 Å². The lowest BCUT2D eigenvalue weighted by Crippen LogP contribution is -2.40. The first kappa shape index (κ1) is 21.3. The first-order chi connectivity index (χ1) is 12.1. The lowest BCUT2D eigenvalue weighted by Gasteiger charge is -2.27. The van der Waals surface area contributed by atoms with Crippen LogP contribution in [0.1, 0.15) is 65.2 Å². The van der Waals surface area contributed by atoms with Crippen molar-refractivity contribution in [2.45, 2.75) is 71.3 Å². The first-order valence-electron chi connectivity index (χ1n) is 9.39. The van der Waals surface area contributed by atoms with Crippen LogP contribution in [0, 0.1) is 5.92 Å². The van der Waals surface area contributed by atoms with Crippen molar-refractivity contribution in [2.24, 2.45) is 5.92 Å². The minimum absolute atomic E-state index is 0.0920. The Labute approximate surface area is 150 Å². The molecule has 0 heterocycles. The predicted molar refractivity (Wildman–Crippen MR) is 96.2 cm³/mol. The van der Waals surface area contributed by atoms with E-state index in [0.717, 1.165) is 50.8 Å². The Morgan fingerprint density at radius 3 is 2.68 bits per heavy atom. The molecule has 7 heteroatoms. The van der Waals surface area contributed by atoms with Crippen molar-refractivity contribution in [2.75, 3.05) is 19.8 Å². The van der Waals surface area contributed by atoms with Gasteiger partial charge in [0.05, 0.1) is 5.92 Å². The van der Waals surface area contributed by atoms with Gasteiger partial charge in [-0.25, -0.2) is 0 Å². The van der Waals surface area contributed by atoms with Crippen LogP contribution in [0.4, 0.5) is 0 Å². The number of hydrogen-bond donors (Lipinski definition) is 2. The van der Waals surface area contributed by atoms with Gasteiger partial charge in [-0.3, -0.25) is 9.59 Å². The smallest absolute Gasteiger partial charge is 0.268 e. The Morgan fingerprint density at radius 1 is 1.20 bits per heavy atom. The maximum atomic E-state index is 12.0. The highest BCUT2D eigenvalue weighted by Gasteiger charge is 2.28. The van der Waals surface area contributed by atoms with Crippen LogP contribution in [0.25, 0.3) is 5.53 Å². The molecule has 1 saturated carbocycles. The van der Waals surface area contributed by atoms with Crippen molar-refractivity contribution in [1.29, 1.82) is 0 Å². The summed E-state index contributed by atoms with van der Waals surface area (Å²) >= 11 is 0. The minimum Gasteiger partial charge on any atom is -0.381 e. The molecule has 2 atom stereocenters. The second kappa shape index (κ2) is 12.6. The van der Waals surface area contributed by atoms with Crippen molar-refractivity contribution in [3.05, 3.63) is 5.53 Å². The molecule has 0 aromatic rings. The molecule has 2 N–H and O–H groups in total. The summed E-state index contributed by atoms with van der Waals surface area (Å²) in [6.07, 6.45) is 5.91. The number of nitrogens with one attached hydrogen (secondary N) is 2. The van der Waals surface area contributed by atoms with E-state index in [4.69, 9.17) is 10.3 Å². The average molecular weight is 352 g/mol. The van der Waals surface area contributed by atoms with E-state index in [-0.39, 0.29) is 36.6 Å². The summed E-state index contributed by atoms with van der Waals surface area (Å²) in [6.45, 7) is 5.84. The Balaban J connectivity index is 2.15. The highest BCUT2D eigenvalue weighted by Crippen LogP contribution is 2.25. The summed E-state index contributed by atoms with van der Waals surface area (Å²) < 4.78 is 5.34. The zero-order valence-corrected chi connectivity index (χ0v) is 15.6. The molecule has 0 saturated heterocycles. The highest BCUT2D eigenvalue weighted by molar-refractivity contribution is 5.84. The Bertz CT molecular complexity index is 475. The molecule has 2 amide bonds. The number of amides is 2. The topological polar surface area (TPSA) is 104 Å². The molecule has 142 valence electrons. The van der Waals surface area contributed by atoms with Gasteiger partial charge in [-0.1, -0.05) is 13.3 Å². The summed E-state index contributed by atoms with van der Waals surface area (Å²) in [4.78, 5) is 27.0. The molecular weight excluding hydrogens is 320 g/mol. The number of rotatable bonds is 11. The van der Waals surface area contributed by atoms with Gasteiger partial charge in [0.1, 0.15) is 0 Å². The fourth-order valence-corrected chi connectivity index (χ4v) is 3.05. The fraction of sp³-hybridized carbons (Fsp3) is 0.833. The maximum absolute atomic E-state index is 12.0. The lowest BCUT2D eigenvalue weighted by atomic mass is 9.83. The van der Waals surface area contributed by atoms with Crippen LogP contribution in [0.15, 0.2) is 0 Å². The number of nitrogens with zero attached hydrogens (tertiary/aromatic N) is 2. The maximum Gasteiger partial charge on any atom is 0.268 e. The van der Waals surface area contributed by atoms with Gasteiger partial charge in [-0.15, -0.1) is 0 Å². The summed E-state index contributed by atoms with van der Waals surface area (Å²) in [5.41, 5.74) is 9.60. The number of carbonyl (C=O) groups excluding carboxylic acids is 2. The lowest BCUT2D eigenvalue weighted by molar-refractivity contribution is -0.127. The molecule has 2 unspecified atom stereocenters. The molecule has 1 aliphatic rings. The molecule has 0 aliphatic heterocycles. The quantitative estimate of drug-likeness (QED) is 0.257. The van der Waals surface area contributed by atoms with Crippen LogP contribution >= 0.6 is 0 Å². The number of hydrogen-bond acceptors (Lipinski definition) is 3. The van der Waals surface area contributed by atoms with E-state index in [1.165, 1.54) is 0 Å². The van der Waals surface area contributed by atoms with Crippen LogP contribution in [-0.4, -0.2) is 48.1 Å². The second-order valence-electron chi connectivity index (χ2n) is 6.69. The molecule has 25 heavy (non-hydrogen) atoms. The van der Waals surface area contributed by atoms with E-state index in [1.807, 2.05) is 6.92 Å². The number of ether oxygens (including phenoxy) is 1. The average Bonchev–Trinajstić information content (AvgIpc) is 2.62. The van der Waals surface area contributed by atoms with Gasteiger partial charge in [0.2, 0.25) is 11.8 Å². The zero-order chi connectivity index (χ0) is 18.5. The monoisotopic (exact) mass is 352 g/mol. The third-order valence-electron chi connectivity index (χ3n) is 4.50. The molecule has 1 fully saturated rings. The Hall–Kier alpha value is -1.72. The number of carbonyl (C=O) groups is 2. The van der Waals surface area contributed by atoms with Crippen molar-refractivity contribution in [3.8, 4) is 0 Å². The molecule has 0 bridgehead atoms. The van der Waals surface area contributed by atoms with Gasteiger partial charge in [0, 0.05) is 45.6 Å². The standard InChI is InChI=1S/C18H32N4O3/c1-3-11-25-12-5-10-20-17(23)8-9-18(24)21-16-7-4-6-15(13-16)14(2)22-19/h15-16H,3-13H2,1-2H3,(H,20,23)(H,21,24). The molecule has 7 nitrogen and oxygen atoms in total. The third-order valence-corrected chi connectivity index (χ3v) is 4.50. The molecule has 0 radical (unpaired) electrons. The summed E-state index contributed by atoms with van der Waals surface area (Å²) in [5.74, 6) is 0.0309. The largest absolute Gasteiger partial charge is 0.381 e. The van der Waals surface area contributed by atoms with Gasteiger partial charge in [0.15, 0.2) is 0 Å². The summed E-state index contributed by atoms with van der Waals surface area (Å²) in [7, 11) is 0. The summed E-state index contributed by atoms with van der Waals surface area (Å²) in [6, 6.07) is 0.0988. The van der Waals surface area contributed by atoms with Crippen LogP contribution in [0.3, 0.4) is 0 Å². The second-order valence-corrected chi connectivity index (χ2v) is 6.69. The van der Waals surface area contributed by atoms with E-state index >= 15 is 0 Å². The van der Waals surface area contributed by atoms with Gasteiger partial charge < -0.3 is 20.9 Å². The highest BCUT2D eigenvalue weighted by atomic mass is 16.5. The van der Waals surface area contributed by atoms with Crippen LogP contribution in [0.5, 0.6) is 0 Å². The van der Waals surface area contributed by atoms with E-state index in [2.05, 4.69) is 22.3 Å². The predicted octanol–water partition coefficient (Wildman–Crippen LogP) is 2.07. The van der Waals surface area contributed by atoms with Crippen LogP contribution < -0.4 is 10.6 Å². The molecule has 1 aliphatic carbocycles. The molecular formula is C18H32N4O3. The van der Waals surface area contributed by atoms with Crippen LogP contribution in [0.2, 0.25) is 0 Å². The molecule has 0 spiro atoms.